The maximum absolute atomic E-state index is 11.7. The van der Waals surface area contributed by atoms with E-state index < -0.39 is 16.3 Å². The summed E-state index contributed by atoms with van der Waals surface area (Å²) in [4.78, 5) is 0.241. The summed E-state index contributed by atoms with van der Waals surface area (Å²) in [5, 5.41) is 0. The Bertz CT molecular complexity index is 728. The van der Waals surface area contributed by atoms with Crippen LogP contribution in [-0.2, 0) is 15.2 Å². The maximum Gasteiger partial charge on any atom is 0.261 e. The van der Waals surface area contributed by atoms with Crippen LogP contribution in [0.1, 0.15) is 102 Å². The van der Waals surface area contributed by atoms with Gasteiger partial charge in [0.05, 0.1) is 28.0 Å². The van der Waals surface area contributed by atoms with E-state index in [1.807, 2.05) is 0 Å². The quantitative estimate of drug-likeness (QED) is 0.311. The number of rotatable bonds is 6. The lowest BCUT2D eigenvalue weighted by Gasteiger charge is -2.49. The fourth-order valence-corrected chi connectivity index (χ4v) is 15.2. The zero-order valence-corrected chi connectivity index (χ0v) is 20.9. The van der Waals surface area contributed by atoms with E-state index >= 15 is 0 Å². The molecule has 0 heterocycles. The van der Waals surface area contributed by atoms with Crippen LogP contribution < -0.4 is 0 Å². The molecule has 0 spiro atoms. The predicted molar refractivity (Wildman–Crippen MR) is 131 cm³/mol. The Kier molecular flexibility index (Phi) is 7.86. The molecule has 0 amide bonds. The molecule has 0 N–H and O–H groups in total. The molecule has 0 aliphatic heterocycles. The summed E-state index contributed by atoms with van der Waals surface area (Å²) >= 11 is 0. The van der Waals surface area contributed by atoms with Crippen LogP contribution in [0.25, 0.3) is 0 Å². The van der Waals surface area contributed by atoms with Gasteiger partial charge in [0.25, 0.3) is 9.05 Å². The molecule has 30 heavy (non-hydrogen) atoms. The topological polar surface area (TPSA) is 34.1 Å². The Morgan fingerprint density at radius 2 is 1.03 bits per heavy atom. The van der Waals surface area contributed by atoms with Gasteiger partial charge in [0.2, 0.25) is 0 Å². The average Bonchev–Trinajstić information content (AvgIpc) is 2.79. The Balaban J connectivity index is 1.71. The molecule has 0 radical (unpaired) electrons. The molecule has 3 saturated carbocycles. The molecule has 2 nitrogen and oxygen atoms in total. The SMILES string of the molecule is O=S(=O)(Cl)c1ccc(C[P+](C2CCCCC2)(C2CCCCC2)C2CCCCC2)cc1. The first-order chi connectivity index (χ1) is 14.5. The van der Waals surface area contributed by atoms with E-state index in [9.17, 15) is 8.42 Å². The first kappa shape index (κ1) is 23.1. The average molecular weight is 470 g/mol. The molecule has 0 bridgehead atoms. The van der Waals surface area contributed by atoms with Gasteiger partial charge in [-0.2, -0.15) is 0 Å². The standard InChI is InChI=1S/C25H39ClO2PS/c26-30(27,28)25-18-16-21(17-19-25)20-29(22-10-4-1-5-11-22,23-12-6-2-7-13-23)24-14-8-3-9-15-24/h16-19,22-24H,1-15,20H2/q+1. The molecule has 5 heteroatoms. The summed E-state index contributed by atoms with van der Waals surface area (Å²) < 4.78 is 23.5. The fraction of sp³-hybridized carbons (Fsp3) is 0.760. The zero-order chi connectivity index (χ0) is 21.0. The summed E-state index contributed by atoms with van der Waals surface area (Å²) in [6.45, 7) is 0. The van der Waals surface area contributed by atoms with Gasteiger partial charge >= 0.3 is 0 Å². The highest BCUT2D eigenvalue weighted by Gasteiger charge is 2.56. The molecule has 0 atom stereocenters. The number of hydrogen-bond donors (Lipinski definition) is 0. The second kappa shape index (κ2) is 10.2. The third-order valence-electron chi connectivity index (χ3n) is 8.42. The Labute approximate surface area is 189 Å². The van der Waals surface area contributed by atoms with E-state index in [1.165, 1.54) is 108 Å². The van der Waals surface area contributed by atoms with Gasteiger partial charge in [-0.25, -0.2) is 8.42 Å². The number of benzene rings is 1. The number of hydrogen-bond acceptors (Lipinski definition) is 2. The molecule has 0 saturated heterocycles. The third kappa shape index (κ3) is 5.10. The molecule has 3 aliphatic rings. The Morgan fingerprint density at radius 1 is 0.667 bits per heavy atom. The summed E-state index contributed by atoms with van der Waals surface area (Å²) in [6.07, 6.45) is 22.8. The molecular weight excluding hydrogens is 431 g/mol. The van der Waals surface area contributed by atoms with Crippen molar-refractivity contribution < 1.29 is 8.42 Å². The van der Waals surface area contributed by atoms with Crippen molar-refractivity contribution in [1.29, 1.82) is 0 Å². The van der Waals surface area contributed by atoms with Crippen molar-refractivity contribution in [2.24, 2.45) is 0 Å². The minimum absolute atomic E-state index is 0.241. The molecular formula is C25H39ClO2PS+. The van der Waals surface area contributed by atoms with E-state index in [0.29, 0.717) is 0 Å². The molecule has 168 valence electrons. The lowest BCUT2D eigenvalue weighted by Crippen LogP contribution is -2.37. The first-order valence-electron chi connectivity index (χ1n) is 12.4. The lowest BCUT2D eigenvalue weighted by molar-refractivity contribution is 0.450. The van der Waals surface area contributed by atoms with Crippen molar-refractivity contribution in [2.75, 3.05) is 0 Å². The zero-order valence-electron chi connectivity index (χ0n) is 18.4. The van der Waals surface area contributed by atoms with Crippen molar-refractivity contribution in [3.05, 3.63) is 29.8 Å². The van der Waals surface area contributed by atoms with Crippen LogP contribution in [-0.4, -0.2) is 25.4 Å². The highest BCUT2D eigenvalue weighted by molar-refractivity contribution is 8.13. The summed E-state index contributed by atoms with van der Waals surface area (Å²) in [5.41, 5.74) is 4.23. The predicted octanol–water partition coefficient (Wildman–Crippen LogP) is 8.13. The minimum Gasteiger partial charge on any atom is -0.207 e. The van der Waals surface area contributed by atoms with E-state index in [4.69, 9.17) is 10.7 Å². The summed E-state index contributed by atoms with van der Waals surface area (Å²) in [6, 6.07) is 7.65. The van der Waals surface area contributed by atoms with Crippen LogP contribution in [0.4, 0.5) is 0 Å². The molecule has 1 aromatic carbocycles. The molecule has 0 aromatic heterocycles. The van der Waals surface area contributed by atoms with Gasteiger partial charge in [0.1, 0.15) is 0 Å². The van der Waals surface area contributed by atoms with Gasteiger partial charge in [-0.15, -0.1) is 0 Å². The number of halogens is 1. The summed E-state index contributed by atoms with van der Waals surface area (Å²) in [7, 11) is 0.762. The highest BCUT2D eigenvalue weighted by Crippen LogP contribution is 2.78. The van der Waals surface area contributed by atoms with Crippen molar-refractivity contribution in [2.45, 2.75) is 124 Å². The van der Waals surface area contributed by atoms with E-state index in [0.717, 1.165) is 17.0 Å². The molecule has 3 fully saturated rings. The van der Waals surface area contributed by atoms with Gasteiger partial charge in [-0.05, 0) is 94.7 Å². The minimum atomic E-state index is -3.64. The third-order valence-corrected chi connectivity index (χ3v) is 16.3. The largest absolute Gasteiger partial charge is 0.261 e. The second-order valence-corrected chi connectivity index (χ2v) is 17.2. The van der Waals surface area contributed by atoms with Crippen LogP contribution in [0.3, 0.4) is 0 Å². The summed E-state index contributed by atoms with van der Waals surface area (Å²) in [5.74, 6) is 0. The molecule has 1 aromatic rings. The second-order valence-electron chi connectivity index (χ2n) is 10.1. The Morgan fingerprint density at radius 3 is 1.37 bits per heavy atom. The Hall–Kier alpha value is -0.110. The van der Waals surface area contributed by atoms with E-state index in [-0.39, 0.29) is 4.90 Å². The van der Waals surface area contributed by atoms with E-state index in [1.54, 1.807) is 12.1 Å². The van der Waals surface area contributed by atoms with Crippen molar-refractivity contribution in [1.82, 2.24) is 0 Å². The molecule has 3 aliphatic carbocycles. The van der Waals surface area contributed by atoms with E-state index in [2.05, 4.69) is 12.1 Å². The fourth-order valence-electron chi connectivity index (χ4n) is 7.04. The van der Waals surface area contributed by atoms with Crippen LogP contribution in [0.15, 0.2) is 29.2 Å². The highest BCUT2D eigenvalue weighted by atomic mass is 35.7. The molecule has 0 unspecified atom stereocenters. The first-order valence-corrected chi connectivity index (χ1v) is 16.9. The monoisotopic (exact) mass is 469 g/mol. The van der Waals surface area contributed by atoms with Gasteiger partial charge in [0.15, 0.2) is 0 Å². The maximum atomic E-state index is 11.7. The van der Waals surface area contributed by atoms with Crippen molar-refractivity contribution in [3.8, 4) is 0 Å². The van der Waals surface area contributed by atoms with Gasteiger partial charge in [-0.1, -0.05) is 31.4 Å². The van der Waals surface area contributed by atoms with Crippen molar-refractivity contribution in [3.63, 3.8) is 0 Å². The van der Waals surface area contributed by atoms with Gasteiger partial charge in [0, 0.05) is 17.9 Å². The van der Waals surface area contributed by atoms with Gasteiger partial charge < -0.3 is 0 Å². The van der Waals surface area contributed by atoms with Crippen LogP contribution in [0, 0.1) is 0 Å². The lowest BCUT2D eigenvalue weighted by atomic mass is 9.99. The van der Waals surface area contributed by atoms with Crippen LogP contribution in [0.5, 0.6) is 0 Å². The van der Waals surface area contributed by atoms with Crippen LogP contribution >= 0.6 is 17.9 Å². The molecule has 4 rings (SSSR count). The smallest absolute Gasteiger partial charge is 0.207 e. The normalized spacial score (nSPS) is 23.5. The van der Waals surface area contributed by atoms with Crippen LogP contribution in [0.2, 0.25) is 0 Å². The van der Waals surface area contributed by atoms with Crippen molar-refractivity contribution >= 4 is 27.0 Å². The van der Waals surface area contributed by atoms with Gasteiger partial charge in [-0.3, -0.25) is 0 Å².